The Balaban J connectivity index is 1.71. The summed E-state index contributed by atoms with van der Waals surface area (Å²) in [4.78, 5) is 28.7. The summed E-state index contributed by atoms with van der Waals surface area (Å²) in [6, 6.07) is 17.6. The standard InChI is InChI=1S/C25H27N5O4/c1-18-8-3-4-10-20(18)24(25(32)26-13-15-33-2)29(16-19-9-7-14-34-19)23(31)17-30-22-12-6-5-11-21(22)27-28-30/h3-12,14,24H,13,15-17H2,1-2H3,(H,26,32)/t24-/m1/s1. The van der Waals surface area contributed by atoms with Crippen molar-refractivity contribution in [1.82, 2.24) is 25.2 Å². The molecule has 176 valence electrons. The van der Waals surface area contributed by atoms with Crippen LogP contribution in [0, 0.1) is 6.92 Å². The van der Waals surface area contributed by atoms with E-state index in [1.54, 1.807) is 30.2 Å². The highest BCUT2D eigenvalue weighted by Gasteiger charge is 2.33. The molecule has 4 aromatic rings. The summed E-state index contributed by atoms with van der Waals surface area (Å²) in [5.41, 5.74) is 3.07. The van der Waals surface area contributed by atoms with Crippen molar-refractivity contribution < 1.29 is 18.7 Å². The maximum atomic E-state index is 13.7. The minimum absolute atomic E-state index is 0.0745. The molecule has 1 atom stereocenters. The average Bonchev–Trinajstić information content (AvgIpc) is 3.50. The number of rotatable bonds is 10. The first-order valence-corrected chi connectivity index (χ1v) is 11.0. The Morgan fingerprint density at radius 1 is 1.12 bits per heavy atom. The number of hydrogen-bond acceptors (Lipinski definition) is 6. The fourth-order valence-electron chi connectivity index (χ4n) is 3.86. The zero-order chi connectivity index (χ0) is 23.9. The Bertz CT molecular complexity index is 1250. The van der Waals surface area contributed by atoms with Crippen LogP contribution in [-0.2, 0) is 27.4 Å². The lowest BCUT2D eigenvalue weighted by atomic mass is 9.98. The number of fused-ring (bicyclic) bond motifs is 1. The predicted molar refractivity (Wildman–Crippen MR) is 126 cm³/mol. The average molecular weight is 462 g/mol. The van der Waals surface area contributed by atoms with Crippen LogP contribution < -0.4 is 5.32 Å². The van der Waals surface area contributed by atoms with E-state index >= 15 is 0 Å². The van der Waals surface area contributed by atoms with Crippen molar-refractivity contribution in [3.63, 3.8) is 0 Å². The van der Waals surface area contributed by atoms with Gasteiger partial charge in [-0.15, -0.1) is 5.10 Å². The van der Waals surface area contributed by atoms with Crippen LogP contribution in [0.1, 0.15) is 22.9 Å². The van der Waals surface area contributed by atoms with Crippen LogP contribution in [-0.4, -0.2) is 52.0 Å². The van der Waals surface area contributed by atoms with Gasteiger partial charge in [0.05, 0.1) is 24.9 Å². The number of carbonyl (C=O) groups is 2. The number of hydrogen-bond donors (Lipinski definition) is 1. The molecule has 2 heterocycles. The monoisotopic (exact) mass is 461 g/mol. The van der Waals surface area contributed by atoms with Crippen LogP contribution in [0.4, 0.5) is 0 Å². The number of amides is 2. The molecule has 0 spiro atoms. The molecular formula is C25H27N5O4. The summed E-state index contributed by atoms with van der Waals surface area (Å²) in [5, 5.41) is 11.2. The summed E-state index contributed by atoms with van der Waals surface area (Å²) in [6.07, 6.45) is 1.55. The molecule has 4 rings (SSSR count). The van der Waals surface area contributed by atoms with Gasteiger partial charge < -0.3 is 19.4 Å². The molecule has 0 saturated carbocycles. The highest BCUT2D eigenvalue weighted by molar-refractivity contribution is 5.89. The first kappa shape index (κ1) is 23.2. The van der Waals surface area contributed by atoms with Gasteiger partial charge in [0.2, 0.25) is 11.8 Å². The zero-order valence-corrected chi connectivity index (χ0v) is 19.2. The second kappa shape index (κ2) is 10.8. The van der Waals surface area contributed by atoms with E-state index in [1.165, 1.54) is 4.90 Å². The maximum absolute atomic E-state index is 13.7. The summed E-state index contributed by atoms with van der Waals surface area (Å²) in [5.74, 6) is -0.0167. The maximum Gasteiger partial charge on any atom is 0.247 e. The van der Waals surface area contributed by atoms with Crippen molar-refractivity contribution in [2.45, 2.75) is 26.1 Å². The van der Waals surface area contributed by atoms with E-state index in [0.717, 1.165) is 16.6 Å². The molecule has 0 aliphatic rings. The van der Waals surface area contributed by atoms with Crippen LogP contribution in [0.2, 0.25) is 0 Å². The van der Waals surface area contributed by atoms with Crippen molar-refractivity contribution in [3.05, 3.63) is 83.8 Å². The molecule has 2 amide bonds. The van der Waals surface area contributed by atoms with Gasteiger partial charge in [-0.2, -0.15) is 0 Å². The highest BCUT2D eigenvalue weighted by atomic mass is 16.5. The largest absolute Gasteiger partial charge is 0.467 e. The molecule has 0 aliphatic heterocycles. The van der Waals surface area contributed by atoms with E-state index in [1.807, 2.05) is 55.5 Å². The fraction of sp³-hybridized carbons (Fsp3) is 0.280. The molecule has 0 radical (unpaired) electrons. The second-order valence-corrected chi connectivity index (χ2v) is 7.88. The summed E-state index contributed by atoms with van der Waals surface area (Å²) < 4.78 is 12.2. The minimum Gasteiger partial charge on any atom is -0.467 e. The van der Waals surface area contributed by atoms with Gasteiger partial charge in [-0.25, -0.2) is 4.68 Å². The Kier molecular flexibility index (Phi) is 7.34. The first-order valence-electron chi connectivity index (χ1n) is 11.0. The third-order valence-corrected chi connectivity index (χ3v) is 5.58. The van der Waals surface area contributed by atoms with Gasteiger partial charge in [0.25, 0.3) is 0 Å². The number of methoxy groups -OCH3 is 1. The third kappa shape index (κ3) is 5.15. The van der Waals surface area contributed by atoms with E-state index in [2.05, 4.69) is 15.6 Å². The number of carbonyl (C=O) groups excluding carboxylic acids is 2. The number of aryl methyl sites for hydroxylation is 1. The molecule has 9 heteroatoms. The van der Waals surface area contributed by atoms with Gasteiger partial charge in [0.1, 0.15) is 23.9 Å². The van der Waals surface area contributed by atoms with Crippen molar-refractivity contribution in [2.75, 3.05) is 20.3 Å². The molecule has 0 aliphatic carbocycles. The lowest BCUT2D eigenvalue weighted by molar-refractivity contribution is -0.142. The van der Waals surface area contributed by atoms with Crippen molar-refractivity contribution in [1.29, 1.82) is 0 Å². The van der Waals surface area contributed by atoms with Crippen LogP contribution in [0.25, 0.3) is 11.0 Å². The Labute approximate surface area is 197 Å². The van der Waals surface area contributed by atoms with Crippen LogP contribution in [0.3, 0.4) is 0 Å². The number of nitrogens with zero attached hydrogens (tertiary/aromatic N) is 4. The number of aromatic nitrogens is 3. The lowest BCUT2D eigenvalue weighted by Crippen LogP contribution is -2.45. The molecule has 2 aromatic heterocycles. The van der Waals surface area contributed by atoms with Crippen LogP contribution in [0.5, 0.6) is 0 Å². The van der Waals surface area contributed by atoms with Gasteiger partial charge >= 0.3 is 0 Å². The van der Waals surface area contributed by atoms with E-state index < -0.39 is 6.04 Å². The van der Waals surface area contributed by atoms with Gasteiger partial charge in [0.15, 0.2) is 0 Å². The number of benzene rings is 2. The number of ether oxygens (including phenoxy) is 1. The molecule has 34 heavy (non-hydrogen) atoms. The molecule has 2 aromatic carbocycles. The molecule has 0 saturated heterocycles. The minimum atomic E-state index is -0.870. The predicted octanol–water partition coefficient (Wildman–Crippen LogP) is 2.87. The summed E-state index contributed by atoms with van der Waals surface area (Å²) in [7, 11) is 1.57. The van der Waals surface area contributed by atoms with E-state index in [9.17, 15) is 9.59 Å². The fourth-order valence-corrected chi connectivity index (χ4v) is 3.86. The van der Waals surface area contributed by atoms with Gasteiger partial charge in [0, 0.05) is 13.7 Å². The van der Waals surface area contributed by atoms with E-state index in [4.69, 9.17) is 9.15 Å². The third-order valence-electron chi connectivity index (χ3n) is 5.58. The van der Waals surface area contributed by atoms with Crippen molar-refractivity contribution in [3.8, 4) is 0 Å². The summed E-state index contributed by atoms with van der Waals surface area (Å²) in [6.45, 7) is 2.66. The topological polar surface area (TPSA) is 102 Å². The molecule has 0 fully saturated rings. The normalized spacial score (nSPS) is 11.9. The Hall–Kier alpha value is -3.98. The molecule has 1 N–H and O–H groups in total. The Morgan fingerprint density at radius 2 is 1.91 bits per heavy atom. The Morgan fingerprint density at radius 3 is 2.68 bits per heavy atom. The number of para-hydroxylation sites is 1. The van der Waals surface area contributed by atoms with Crippen molar-refractivity contribution >= 4 is 22.8 Å². The van der Waals surface area contributed by atoms with E-state index in [-0.39, 0.29) is 24.9 Å². The van der Waals surface area contributed by atoms with Gasteiger partial charge in [-0.1, -0.05) is 41.6 Å². The van der Waals surface area contributed by atoms with Crippen LogP contribution >= 0.6 is 0 Å². The smallest absolute Gasteiger partial charge is 0.247 e. The van der Waals surface area contributed by atoms with Crippen LogP contribution in [0.15, 0.2) is 71.3 Å². The molecule has 0 unspecified atom stereocenters. The van der Waals surface area contributed by atoms with E-state index in [0.29, 0.717) is 24.4 Å². The zero-order valence-electron chi connectivity index (χ0n) is 19.2. The molecule has 9 nitrogen and oxygen atoms in total. The summed E-state index contributed by atoms with van der Waals surface area (Å²) >= 11 is 0. The number of nitrogens with one attached hydrogen (secondary N) is 1. The van der Waals surface area contributed by atoms with Gasteiger partial charge in [-0.3, -0.25) is 9.59 Å². The van der Waals surface area contributed by atoms with Gasteiger partial charge in [-0.05, 0) is 42.3 Å². The quantitative estimate of drug-likeness (QED) is 0.364. The first-order chi connectivity index (χ1) is 16.6. The second-order valence-electron chi connectivity index (χ2n) is 7.88. The van der Waals surface area contributed by atoms with Crippen molar-refractivity contribution in [2.24, 2.45) is 0 Å². The molecule has 0 bridgehead atoms. The lowest BCUT2D eigenvalue weighted by Gasteiger charge is -2.31. The SMILES string of the molecule is COCCNC(=O)[C@@H](c1ccccc1C)N(Cc1ccco1)C(=O)Cn1nnc2ccccc21. The molecular weight excluding hydrogens is 434 g/mol. The highest BCUT2D eigenvalue weighted by Crippen LogP contribution is 2.27. The number of furan rings is 1.